The first kappa shape index (κ1) is 13.1. The van der Waals surface area contributed by atoms with Gasteiger partial charge in [0.05, 0.1) is 0 Å². The third kappa shape index (κ3) is 2.58. The van der Waals surface area contributed by atoms with E-state index in [4.69, 9.17) is 0 Å². The molecule has 0 bridgehead atoms. The number of anilines is 1. The van der Waals surface area contributed by atoms with Crippen molar-refractivity contribution in [2.75, 3.05) is 18.0 Å². The maximum atomic E-state index is 2.45. The van der Waals surface area contributed by atoms with Crippen LogP contribution in [0.4, 0.5) is 5.69 Å². The topological polar surface area (TPSA) is 3.24 Å². The molecule has 0 heterocycles. The monoisotopic (exact) mass is 219 g/mol. The minimum absolute atomic E-state index is 1.09. The summed E-state index contributed by atoms with van der Waals surface area (Å²) in [5.41, 5.74) is 5.86. The molecule has 16 heavy (non-hydrogen) atoms. The van der Waals surface area contributed by atoms with E-state index in [1.54, 1.807) is 0 Å². The second kappa shape index (κ2) is 5.93. The Kier molecular flexibility index (Phi) is 4.85. The Morgan fingerprint density at radius 1 is 0.938 bits per heavy atom. The zero-order valence-electron chi connectivity index (χ0n) is 11.4. The SMILES string of the molecule is CCc1cc(CC)c(C)c(N(CC)CC)c1. The molecule has 0 saturated heterocycles. The molecule has 0 aromatic heterocycles. The summed E-state index contributed by atoms with van der Waals surface area (Å²) in [4.78, 5) is 2.45. The Labute approximate surface area is 100 Å². The minimum Gasteiger partial charge on any atom is -0.372 e. The van der Waals surface area contributed by atoms with E-state index >= 15 is 0 Å². The summed E-state index contributed by atoms with van der Waals surface area (Å²) in [5, 5.41) is 0. The molecule has 0 unspecified atom stereocenters. The summed E-state index contributed by atoms with van der Waals surface area (Å²) >= 11 is 0. The van der Waals surface area contributed by atoms with Crippen molar-refractivity contribution in [1.82, 2.24) is 0 Å². The molecule has 1 rings (SSSR count). The fourth-order valence-corrected chi connectivity index (χ4v) is 2.29. The van der Waals surface area contributed by atoms with E-state index in [0.717, 1.165) is 25.9 Å². The van der Waals surface area contributed by atoms with Crippen LogP contribution in [0, 0.1) is 6.92 Å². The van der Waals surface area contributed by atoms with Gasteiger partial charge in [0.2, 0.25) is 0 Å². The Morgan fingerprint density at radius 2 is 1.56 bits per heavy atom. The van der Waals surface area contributed by atoms with Gasteiger partial charge in [-0.15, -0.1) is 0 Å². The molecule has 0 fully saturated rings. The smallest absolute Gasteiger partial charge is 0.0401 e. The first-order chi connectivity index (χ1) is 7.67. The van der Waals surface area contributed by atoms with Crippen molar-refractivity contribution < 1.29 is 0 Å². The highest BCUT2D eigenvalue weighted by Gasteiger charge is 2.09. The molecule has 0 atom stereocenters. The first-order valence-corrected chi connectivity index (χ1v) is 6.55. The summed E-state index contributed by atoms with van der Waals surface area (Å²) in [5.74, 6) is 0. The highest BCUT2D eigenvalue weighted by atomic mass is 15.1. The van der Waals surface area contributed by atoms with E-state index in [2.05, 4.69) is 51.7 Å². The zero-order chi connectivity index (χ0) is 12.1. The second-order valence-electron chi connectivity index (χ2n) is 4.28. The molecule has 0 aliphatic carbocycles. The van der Waals surface area contributed by atoms with Crippen LogP contribution in [-0.4, -0.2) is 13.1 Å². The van der Waals surface area contributed by atoms with Crippen LogP contribution in [0.5, 0.6) is 0 Å². The van der Waals surface area contributed by atoms with Crippen molar-refractivity contribution in [3.05, 3.63) is 28.8 Å². The highest BCUT2D eigenvalue weighted by Crippen LogP contribution is 2.26. The Bertz CT molecular complexity index is 338. The predicted octanol–water partition coefficient (Wildman–Crippen LogP) is 3.97. The van der Waals surface area contributed by atoms with Crippen LogP contribution < -0.4 is 4.90 Å². The highest BCUT2D eigenvalue weighted by molar-refractivity contribution is 5.58. The van der Waals surface area contributed by atoms with E-state index < -0.39 is 0 Å². The third-order valence-electron chi connectivity index (χ3n) is 3.44. The molecular formula is C15H25N. The predicted molar refractivity (Wildman–Crippen MR) is 73.5 cm³/mol. The summed E-state index contributed by atoms with van der Waals surface area (Å²) in [6.07, 6.45) is 2.26. The van der Waals surface area contributed by atoms with Gasteiger partial charge < -0.3 is 4.90 Å². The van der Waals surface area contributed by atoms with E-state index in [9.17, 15) is 0 Å². The second-order valence-corrected chi connectivity index (χ2v) is 4.28. The molecular weight excluding hydrogens is 194 g/mol. The van der Waals surface area contributed by atoms with Gasteiger partial charge in [-0.2, -0.15) is 0 Å². The molecule has 0 aliphatic rings. The van der Waals surface area contributed by atoms with Crippen LogP contribution in [0.15, 0.2) is 12.1 Å². The Morgan fingerprint density at radius 3 is 2.00 bits per heavy atom. The van der Waals surface area contributed by atoms with E-state index in [1.807, 2.05) is 0 Å². The fraction of sp³-hybridized carbons (Fsp3) is 0.600. The van der Waals surface area contributed by atoms with Gasteiger partial charge in [-0.25, -0.2) is 0 Å². The summed E-state index contributed by atoms with van der Waals surface area (Å²) in [6, 6.07) is 4.73. The van der Waals surface area contributed by atoms with Crippen molar-refractivity contribution in [1.29, 1.82) is 0 Å². The number of rotatable bonds is 5. The molecule has 1 aromatic carbocycles. The zero-order valence-corrected chi connectivity index (χ0v) is 11.4. The number of hydrogen-bond acceptors (Lipinski definition) is 1. The maximum Gasteiger partial charge on any atom is 0.0401 e. The molecule has 0 saturated carbocycles. The molecule has 0 amide bonds. The van der Waals surface area contributed by atoms with Crippen molar-refractivity contribution in [3.8, 4) is 0 Å². The fourth-order valence-electron chi connectivity index (χ4n) is 2.29. The van der Waals surface area contributed by atoms with Gasteiger partial charge in [-0.1, -0.05) is 19.9 Å². The number of benzene rings is 1. The molecule has 0 N–H and O–H groups in total. The lowest BCUT2D eigenvalue weighted by Gasteiger charge is -2.25. The van der Waals surface area contributed by atoms with Crippen LogP contribution in [0.25, 0.3) is 0 Å². The summed E-state index contributed by atoms with van der Waals surface area (Å²) in [7, 11) is 0. The van der Waals surface area contributed by atoms with Gasteiger partial charge in [0.15, 0.2) is 0 Å². The van der Waals surface area contributed by atoms with Crippen LogP contribution >= 0.6 is 0 Å². The van der Waals surface area contributed by atoms with Gasteiger partial charge >= 0.3 is 0 Å². The maximum absolute atomic E-state index is 2.45. The molecule has 1 nitrogen and oxygen atoms in total. The van der Waals surface area contributed by atoms with E-state index in [-0.39, 0.29) is 0 Å². The van der Waals surface area contributed by atoms with Gasteiger partial charge in [0, 0.05) is 18.8 Å². The van der Waals surface area contributed by atoms with Gasteiger partial charge in [0.1, 0.15) is 0 Å². The average molecular weight is 219 g/mol. The standard InChI is InChI=1S/C15H25N/c1-6-13-10-14(7-2)12(5)15(11-13)16(8-3)9-4/h10-11H,6-9H2,1-5H3. The molecule has 0 aliphatic heterocycles. The largest absolute Gasteiger partial charge is 0.372 e. The number of aryl methyl sites for hydroxylation is 2. The summed E-state index contributed by atoms with van der Waals surface area (Å²) < 4.78 is 0. The normalized spacial score (nSPS) is 10.6. The van der Waals surface area contributed by atoms with Crippen LogP contribution in [0.3, 0.4) is 0 Å². The number of nitrogens with zero attached hydrogens (tertiary/aromatic N) is 1. The van der Waals surface area contributed by atoms with E-state index in [0.29, 0.717) is 0 Å². The Hall–Kier alpha value is -0.980. The molecule has 0 radical (unpaired) electrons. The van der Waals surface area contributed by atoms with Crippen molar-refractivity contribution in [2.45, 2.75) is 47.5 Å². The molecule has 0 spiro atoms. The average Bonchev–Trinajstić information content (AvgIpc) is 2.32. The minimum atomic E-state index is 1.09. The van der Waals surface area contributed by atoms with Crippen LogP contribution in [0.1, 0.15) is 44.4 Å². The quantitative estimate of drug-likeness (QED) is 0.724. The molecule has 1 aromatic rings. The lowest BCUT2D eigenvalue weighted by molar-refractivity contribution is 0.856. The van der Waals surface area contributed by atoms with Crippen molar-refractivity contribution in [2.24, 2.45) is 0 Å². The lowest BCUT2D eigenvalue weighted by Crippen LogP contribution is -2.23. The lowest BCUT2D eigenvalue weighted by atomic mass is 9.99. The molecule has 1 heteroatoms. The summed E-state index contributed by atoms with van der Waals surface area (Å²) in [6.45, 7) is 13.4. The van der Waals surface area contributed by atoms with Crippen molar-refractivity contribution in [3.63, 3.8) is 0 Å². The molecule has 90 valence electrons. The number of hydrogen-bond donors (Lipinski definition) is 0. The third-order valence-corrected chi connectivity index (χ3v) is 3.44. The van der Waals surface area contributed by atoms with Crippen LogP contribution in [0.2, 0.25) is 0 Å². The Balaban J connectivity index is 3.24. The van der Waals surface area contributed by atoms with Gasteiger partial charge in [-0.3, -0.25) is 0 Å². The van der Waals surface area contributed by atoms with E-state index in [1.165, 1.54) is 22.4 Å². The van der Waals surface area contributed by atoms with Crippen molar-refractivity contribution >= 4 is 5.69 Å². The first-order valence-electron chi connectivity index (χ1n) is 6.55. The van der Waals surface area contributed by atoms with Gasteiger partial charge in [0.25, 0.3) is 0 Å². The van der Waals surface area contributed by atoms with Crippen LogP contribution in [-0.2, 0) is 12.8 Å². The van der Waals surface area contributed by atoms with Gasteiger partial charge in [-0.05, 0) is 56.4 Å².